The molecule has 1 fully saturated rings. The van der Waals surface area contributed by atoms with Crippen molar-refractivity contribution in [3.05, 3.63) is 41.3 Å². The summed E-state index contributed by atoms with van der Waals surface area (Å²) in [6.45, 7) is 6.95. The van der Waals surface area contributed by atoms with Crippen molar-refractivity contribution in [1.82, 2.24) is 14.9 Å². The van der Waals surface area contributed by atoms with E-state index in [0.717, 1.165) is 38.5 Å². The second-order valence-electron chi connectivity index (χ2n) is 5.98. The number of piperazine rings is 1. The summed E-state index contributed by atoms with van der Waals surface area (Å²) < 4.78 is 5.26. The molecule has 0 bridgehead atoms. The third-order valence-electron chi connectivity index (χ3n) is 4.44. The zero-order valence-corrected chi connectivity index (χ0v) is 15.7. The van der Waals surface area contributed by atoms with Gasteiger partial charge in [0.2, 0.25) is 0 Å². The van der Waals surface area contributed by atoms with Crippen LogP contribution in [0.5, 0.6) is 5.75 Å². The Labute approximate surface area is 157 Å². The molecule has 2 aromatic rings. The first-order valence-electron chi connectivity index (χ1n) is 8.55. The molecule has 8 heteroatoms. The van der Waals surface area contributed by atoms with Gasteiger partial charge < -0.3 is 19.9 Å². The van der Waals surface area contributed by atoms with Gasteiger partial charge in [-0.15, -0.1) is 0 Å². The minimum absolute atomic E-state index is 0.301. The Morgan fingerprint density at radius 1 is 1.23 bits per heavy atom. The van der Waals surface area contributed by atoms with Crippen LogP contribution in [0.3, 0.4) is 0 Å². The third kappa shape index (κ3) is 4.23. The summed E-state index contributed by atoms with van der Waals surface area (Å²) in [6.07, 6.45) is 1.42. The van der Waals surface area contributed by atoms with Crippen molar-refractivity contribution >= 4 is 29.0 Å². The first-order chi connectivity index (χ1) is 12.6. The van der Waals surface area contributed by atoms with Crippen LogP contribution in [0, 0.1) is 0 Å². The third-order valence-corrected chi connectivity index (χ3v) is 4.67. The molecule has 1 aliphatic heterocycles. The second kappa shape index (κ2) is 8.33. The molecule has 3 rings (SSSR count). The monoisotopic (exact) mass is 375 g/mol. The van der Waals surface area contributed by atoms with Gasteiger partial charge in [-0.05, 0) is 24.7 Å². The summed E-state index contributed by atoms with van der Waals surface area (Å²) >= 11 is 6.01. The molecule has 0 radical (unpaired) electrons. The first-order valence-corrected chi connectivity index (χ1v) is 8.92. The van der Waals surface area contributed by atoms with Gasteiger partial charge in [0.05, 0.1) is 12.8 Å². The van der Waals surface area contributed by atoms with Crippen molar-refractivity contribution in [3.63, 3.8) is 0 Å². The van der Waals surface area contributed by atoms with Crippen molar-refractivity contribution in [2.24, 2.45) is 0 Å². The number of nitrogens with zero attached hydrogens (tertiary/aromatic N) is 4. The van der Waals surface area contributed by atoms with Crippen LogP contribution < -0.4 is 15.0 Å². The van der Waals surface area contributed by atoms with Crippen molar-refractivity contribution in [2.45, 2.75) is 6.92 Å². The lowest BCUT2D eigenvalue weighted by Gasteiger charge is -2.34. The summed E-state index contributed by atoms with van der Waals surface area (Å²) in [7, 11) is 1.54. The largest absolute Gasteiger partial charge is 0.495 e. The van der Waals surface area contributed by atoms with Crippen LogP contribution >= 0.6 is 11.6 Å². The minimum atomic E-state index is -0.332. The number of carbonyl (C=O) groups is 1. The van der Waals surface area contributed by atoms with E-state index in [-0.39, 0.29) is 5.91 Å². The molecule has 1 amide bonds. The number of rotatable bonds is 5. The van der Waals surface area contributed by atoms with E-state index in [0.29, 0.717) is 22.2 Å². The standard InChI is InChI=1S/C18H22ClN5O2/c1-3-23-6-8-24(9-7-23)17-11-15(20-12-21-17)18(25)22-14-10-13(19)4-5-16(14)26-2/h4-5,10-12H,3,6-9H2,1-2H3,(H,22,25). The van der Waals surface area contributed by atoms with Gasteiger partial charge in [0.15, 0.2) is 0 Å². The molecule has 0 saturated carbocycles. The summed E-state index contributed by atoms with van der Waals surface area (Å²) in [5.41, 5.74) is 0.802. The normalized spacial score (nSPS) is 15.0. The van der Waals surface area contributed by atoms with Gasteiger partial charge in [-0.2, -0.15) is 0 Å². The Balaban J connectivity index is 1.74. The van der Waals surface area contributed by atoms with Gasteiger partial charge in [-0.25, -0.2) is 9.97 Å². The Hall–Kier alpha value is -2.38. The number of anilines is 2. The molecule has 1 aromatic heterocycles. The summed E-state index contributed by atoms with van der Waals surface area (Å²) in [6, 6.07) is 6.77. The number of methoxy groups -OCH3 is 1. The molecule has 0 aliphatic carbocycles. The predicted molar refractivity (Wildman–Crippen MR) is 102 cm³/mol. The minimum Gasteiger partial charge on any atom is -0.495 e. The Morgan fingerprint density at radius 3 is 2.69 bits per heavy atom. The maximum absolute atomic E-state index is 12.6. The van der Waals surface area contributed by atoms with E-state index in [1.807, 2.05) is 0 Å². The maximum atomic E-state index is 12.6. The van der Waals surface area contributed by atoms with E-state index in [1.54, 1.807) is 24.3 Å². The highest BCUT2D eigenvalue weighted by Crippen LogP contribution is 2.28. The van der Waals surface area contributed by atoms with Crippen molar-refractivity contribution in [3.8, 4) is 5.75 Å². The van der Waals surface area contributed by atoms with Crippen LogP contribution in [-0.2, 0) is 0 Å². The van der Waals surface area contributed by atoms with E-state index >= 15 is 0 Å². The summed E-state index contributed by atoms with van der Waals surface area (Å²) in [5, 5.41) is 3.31. The van der Waals surface area contributed by atoms with E-state index in [2.05, 4.69) is 32.0 Å². The molecule has 0 spiro atoms. The van der Waals surface area contributed by atoms with Crippen molar-refractivity contribution in [1.29, 1.82) is 0 Å². The van der Waals surface area contributed by atoms with Gasteiger partial charge in [0.25, 0.3) is 5.91 Å². The number of ether oxygens (including phenoxy) is 1. The van der Waals surface area contributed by atoms with Crippen LogP contribution in [0.25, 0.3) is 0 Å². The number of carbonyl (C=O) groups excluding carboxylic acids is 1. The lowest BCUT2D eigenvalue weighted by Crippen LogP contribution is -2.46. The number of aromatic nitrogens is 2. The fourth-order valence-electron chi connectivity index (χ4n) is 2.90. The lowest BCUT2D eigenvalue weighted by atomic mass is 10.2. The lowest BCUT2D eigenvalue weighted by molar-refractivity contribution is 0.102. The highest BCUT2D eigenvalue weighted by atomic mass is 35.5. The van der Waals surface area contributed by atoms with E-state index in [1.165, 1.54) is 13.4 Å². The van der Waals surface area contributed by atoms with Crippen LogP contribution in [0.15, 0.2) is 30.6 Å². The van der Waals surface area contributed by atoms with E-state index in [9.17, 15) is 4.79 Å². The SMILES string of the molecule is CCN1CCN(c2cc(C(=O)Nc3cc(Cl)ccc3OC)ncn2)CC1. The molecular weight excluding hydrogens is 354 g/mol. The predicted octanol–water partition coefficient (Wildman–Crippen LogP) is 2.53. The molecule has 26 heavy (non-hydrogen) atoms. The Bertz CT molecular complexity index is 778. The molecule has 2 heterocycles. The number of amides is 1. The number of hydrogen-bond donors (Lipinski definition) is 1. The number of halogens is 1. The Kier molecular flexibility index (Phi) is 5.90. The van der Waals surface area contributed by atoms with E-state index in [4.69, 9.17) is 16.3 Å². The quantitative estimate of drug-likeness (QED) is 0.866. The average Bonchev–Trinajstić information content (AvgIpc) is 2.68. The second-order valence-corrected chi connectivity index (χ2v) is 6.42. The highest BCUT2D eigenvalue weighted by molar-refractivity contribution is 6.31. The molecule has 0 unspecified atom stereocenters. The zero-order valence-electron chi connectivity index (χ0n) is 14.9. The van der Waals surface area contributed by atoms with Gasteiger partial charge in [0.1, 0.15) is 23.6 Å². The number of benzene rings is 1. The fraction of sp³-hybridized carbons (Fsp3) is 0.389. The van der Waals surface area contributed by atoms with Gasteiger partial charge >= 0.3 is 0 Å². The molecular formula is C18H22ClN5O2. The van der Waals surface area contributed by atoms with Crippen molar-refractivity contribution in [2.75, 3.05) is 50.1 Å². The fourth-order valence-corrected chi connectivity index (χ4v) is 3.07. The summed E-state index contributed by atoms with van der Waals surface area (Å²) in [4.78, 5) is 25.6. The molecule has 1 aliphatic rings. The molecule has 1 saturated heterocycles. The number of hydrogen-bond acceptors (Lipinski definition) is 6. The van der Waals surface area contributed by atoms with Gasteiger partial charge in [-0.1, -0.05) is 18.5 Å². The van der Waals surface area contributed by atoms with Crippen LogP contribution in [0.1, 0.15) is 17.4 Å². The molecule has 1 N–H and O–H groups in total. The van der Waals surface area contributed by atoms with Gasteiger partial charge in [0, 0.05) is 37.3 Å². The highest BCUT2D eigenvalue weighted by Gasteiger charge is 2.19. The van der Waals surface area contributed by atoms with Crippen LogP contribution in [-0.4, -0.2) is 60.6 Å². The molecule has 138 valence electrons. The maximum Gasteiger partial charge on any atom is 0.274 e. The van der Waals surface area contributed by atoms with Crippen molar-refractivity contribution < 1.29 is 9.53 Å². The molecule has 7 nitrogen and oxygen atoms in total. The van der Waals surface area contributed by atoms with Crippen LogP contribution in [0.4, 0.5) is 11.5 Å². The zero-order chi connectivity index (χ0) is 18.5. The number of likely N-dealkylation sites (N-methyl/N-ethyl adjacent to an activating group) is 1. The van der Waals surface area contributed by atoms with Crippen LogP contribution in [0.2, 0.25) is 5.02 Å². The smallest absolute Gasteiger partial charge is 0.274 e. The molecule has 0 atom stereocenters. The molecule has 1 aromatic carbocycles. The first kappa shape index (κ1) is 18.4. The Morgan fingerprint density at radius 2 is 2.00 bits per heavy atom. The van der Waals surface area contributed by atoms with Gasteiger partial charge in [-0.3, -0.25) is 4.79 Å². The number of nitrogens with one attached hydrogen (secondary N) is 1. The summed E-state index contributed by atoms with van der Waals surface area (Å²) in [5.74, 6) is 0.966. The topological polar surface area (TPSA) is 70.6 Å². The van der Waals surface area contributed by atoms with E-state index < -0.39 is 0 Å². The average molecular weight is 376 g/mol.